The minimum Gasteiger partial charge on any atom is -0.496 e. The van der Waals surface area contributed by atoms with Gasteiger partial charge in [-0.05, 0) is 49.3 Å². The monoisotopic (exact) mass is 259 g/mol. The minimum absolute atomic E-state index is 0.221. The van der Waals surface area contributed by atoms with Gasteiger partial charge < -0.3 is 15.2 Å². The van der Waals surface area contributed by atoms with Gasteiger partial charge in [0, 0.05) is 12.1 Å². The van der Waals surface area contributed by atoms with Crippen LogP contribution in [0.5, 0.6) is 11.5 Å². The van der Waals surface area contributed by atoms with Gasteiger partial charge >= 0.3 is 0 Å². The van der Waals surface area contributed by atoms with E-state index in [-0.39, 0.29) is 6.04 Å². The molecular weight excluding hydrogens is 238 g/mol. The summed E-state index contributed by atoms with van der Waals surface area (Å²) in [7, 11) is 1.71. The highest BCUT2D eigenvalue weighted by Gasteiger charge is 2.23. The third kappa shape index (κ3) is 2.92. The zero-order valence-electron chi connectivity index (χ0n) is 11.4. The van der Waals surface area contributed by atoms with Crippen LogP contribution < -0.4 is 15.2 Å². The van der Waals surface area contributed by atoms with E-state index >= 15 is 0 Å². The fourth-order valence-corrected chi connectivity index (χ4v) is 2.69. The summed E-state index contributed by atoms with van der Waals surface area (Å²) < 4.78 is 11.3. The van der Waals surface area contributed by atoms with Crippen molar-refractivity contribution in [3.05, 3.63) is 34.9 Å². The van der Waals surface area contributed by atoms with Crippen molar-refractivity contribution in [3.63, 3.8) is 0 Å². The average molecular weight is 259 g/mol. The number of rotatable bonds is 5. The highest BCUT2D eigenvalue weighted by molar-refractivity contribution is 5.49. The van der Waals surface area contributed by atoms with Crippen LogP contribution >= 0.6 is 0 Å². The SMILES string of the molecule is COc1cc(OCCC=C2CC2)cc2c1CC(N)C2. The standard InChI is InChI=1S/C16H21NO2/c1-18-16-10-14(19-6-2-3-11-4-5-11)8-12-7-13(17)9-15(12)16/h3,8,10,13H,2,4-7,9,17H2,1H3. The van der Waals surface area contributed by atoms with E-state index in [1.807, 2.05) is 6.07 Å². The smallest absolute Gasteiger partial charge is 0.126 e. The van der Waals surface area contributed by atoms with E-state index in [1.165, 1.54) is 24.0 Å². The van der Waals surface area contributed by atoms with Gasteiger partial charge in [0.2, 0.25) is 0 Å². The van der Waals surface area contributed by atoms with Gasteiger partial charge in [-0.1, -0.05) is 11.6 Å². The molecule has 0 bridgehead atoms. The third-order valence-electron chi connectivity index (χ3n) is 3.80. The number of hydrogen-bond acceptors (Lipinski definition) is 3. The molecule has 1 unspecified atom stereocenters. The summed E-state index contributed by atoms with van der Waals surface area (Å²) in [6, 6.07) is 4.33. The molecule has 19 heavy (non-hydrogen) atoms. The van der Waals surface area contributed by atoms with Crippen LogP contribution in [0.25, 0.3) is 0 Å². The largest absolute Gasteiger partial charge is 0.496 e. The van der Waals surface area contributed by atoms with Crippen molar-refractivity contribution < 1.29 is 9.47 Å². The van der Waals surface area contributed by atoms with Crippen molar-refractivity contribution in [2.24, 2.45) is 5.73 Å². The second-order valence-corrected chi connectivity index (χ2v) is 5.43. The number of hydrogen-bond donors (Lipinski definition) is 1. The Balaban J connectivity index is 1.68. The first-order valence-corrected chi connectivity index (χ1v) is 7.02. The van der Waals surface area contributed by atoms with Crippen molar-refractivity contribution in [2.45, 2.75) is 38.1 Å². The first-order valence-electron chi connectivity index (χ1n) is 7.02. The van der Waals surface area contributed by atoms with Gasteiger partial charge in [0.05, 0.1) is 13.7 Å². The van der Waals surface area contributed by atoms with Gasteiger partial charge in [0.15, 0.2) is 0 Å². The molecule has 102 valence electrons. The maximum absolute atomic E-state index is 6.02. The maximum atomic E-state index is 6.02. The van der Waals surface area contributed by atoms with Crippen LogP contribution in [0.15, 0.2) is 23.8 Å². The Hall–Kier alpha value is -1.48. The van der Waals surface area contributed by atoms with E-state index in [9.17, 15) is 0 Å². The van der Waals surface area contributed by atoms with Crippen LogP contribution in [0.1, 0.15) is 30.4 Å². The molecule has 0 amide bonds. The first kappa shape index (κ1) is 12.5. The molecule has 3 nitrogen and oxygen atoms in total. The molecule has 3 rings (SSSR count). The lowest BCUT2D eigenvalue weighted by molar-refractivity contribution is 0.321. The zero-order chi connectivity index (χ0) is 13.2. The average Bonchev–Trinajstić information content (AvgIpc) is 3.14. The molecule has 0 aliphatic heterocycles. The molecule has 0 heterocycles. The second kappa shape index (κ2) is 5.25. The van der Waals surface area contributed by atoms with Crippen molar-refractivity contribution in [1.82, 2.24) is 0 Å². The number of fused-ring (bicyclic) bond motifs is 1. The summed E-state index contributed by atoms with van der Waals surface area (Å²) in [6.07, 6.45) is 7.68. The lowest BCUT2D eigenvalue weighted by atomic mass is 10.1. The van der Waals surface area contributed by atoms with E-state index in [0.717, 1.165) is 37.4 Å². The predicted octanol–water partition coefficient (Wildman–Crippen LogP) is 2.61. The summed E-state index contributed by atoms with van der Waals surface area (Å²) in [5, 5.41) is 0. The molecule has 1 saturated carbocycles. The fourth-order valence-electron chi connectivity index (χ4n) is 2.69. The van der Waals surface area contributed by atoms with E-state index in [1.54, 1.807) is 12.7 Å². The van der Waals surface area contributed by atoms with E-state index in [4.69, 9.17) is 15.2 Å². The van der Waals surface area contributed by atoms with Crippen molar-refractivity contribution in [1.29, 1.82) is 0 Å². The van der Waals surface area contributed by atoms with Gasteiger partial charge in [-0.15, -0.1) is 0 Å². The van der Waals surface area contributed by atoms with Crippen LogP contribution in [-0.2, 0) is 12.8 Å². The lowest BCUT2D eigenvalue weighted by Gasteiger charge is -2.11. The Kier molecular flexibility index (Phi) is 3.47. The Morgan fingerprint density at radius 3 is 2.89 bits per heavy atom. The summed E-state index contributed by atoms with van der Waals surface area (Å²) in [5.74, 6) is 1.82. The minimum atomic E-state index is 0.221. The molecule has 1 aromatic carbocycles. The Morgan fingerprint density at radius 1 is 1.32 bits per heavy atom. The fraction of sp³-hybridized carbons (Fsp3) is 0.500. The molecule has 0 saturated heterocycles. The van der Waals surface area contributed by atoms with E-state index in [0.29, 0.717) is 0 Å². The van der Waals surface area contributed by atoms with Gasteiger partial charge in [-0.3, -0.25) is 0 Å². The van der Waals surface area contributed by atoms with Gasteiger partial charge in [-0.25, -0.2) is 0 Å². The Bertz CT molecular complexity index is 502. The molecule has 1 aromatic rings. The van der Waals surface area contributed by atoms with E-state index in [2.05, 4.69) is 12.1 Å². The lowest BCUT2D eigenvalue weighted by Crippen LogP contribution is -2.19. The summed E-state index contributed by atoms with van der Waals surface area (Å²) in [6.45, 7) is 0.734. The van der Waals surface area contributed by atoms with Crippen molar-refractivity contribution in [2.75, 3.05) is 13.7 Å². The first-order chi connectivity index (χ1) is 9.26. The van der Waals surface area contributed by atoms with Crippen LogP contribution in [0.2, 0.25) is 0 Å². The highest BCUT2D eigenvalue weighted by atomic mass is 16.5. The predicted molar refractivity (Wildman–Crippen MR) is 75.8 cm³/mol. The summed E-state index contributed by atoms with van der Waals surface area (Å²) in [5.41, 5.74) is 10.1. The van der Waals surface area contributed by atoms with Crippen LogP contribution in [0.3, 0.4) is 0 Å². The number of allylic oxidation sites excluding steroid dienone is 1. The van der Waals surface area contributed by atoms with Crippen LogP contribution in [0.4, 0.5) is 0 Å². The molecule has 1 atom stereocenters. The van der Waals surface area contributed by atoms with Crippen molar-refractivity contribution in [3.8, 4) is 11.5 Å². The number of methoxy groups -OCH3 is 1. The normalized spacial score (nSPS) is 20.1. The summed E-state index contributed by atoms with van der Waals surface area (Å²) in [4.78, 5) is 0. The molecule has 0 spiro atoms. The van der Waals surface area contributed by atoms with Crippen molar-refractivity contribution >= 4 is 0 Å². The van der Waals surface area contributed by atoms with Gasteiger partial charge in [0.25, 0.3) is 0 Å². The molecular formula is C16H21NO2. The molecule has 1 fully saturated rings. The number of ether oxygens (including phenoxy) is 2. The van der Waals surface area contributed by atoms with E-state index < -0.39 is 0 Å². The molecule has 3 heteroatoms. The zero-order valence-corrected chi connectivity index (χ0v) is 11.4. The molecule has 0 radical (unpaired) electrons. The number of nitrogens with two attached hydrogens (primary N) is 1. The molecule has 2 aliphatic rings. The second-order valence-electron chi connectivity index (χ2n) is 5.43. The summed E-state index contributed by atoms with van der Waals surface area (Å²) >= 11 is 0. The Morgan fingerprint density at radius 2 is 2.16 bits per heavy atom. The number of benzene rings is 1. The van der Waals surface area contributed by atoms with Crippen LogP contribution in [-0.4, -0.2) is 19.8 Å². The molecule has 2 N–H and O–H groups in total. The molecule has 0 aromatic heterocycles. The maximum Gasteiger partial charge on any atom is 0.126 e. The molecule has 2 aliphatic carbocycles. The quantitative estimate of drug-likeness (QED) is 0.653. The topological polar surface area (TPSA) is 44.5 Å². The van der Waals surface area contributed by atoms with Gasteiger partial charge in [0.1, 0.15) is 11.5 Å². The van der Waals surface area contributed by atoms with Crippen LogP contribution in [0, 0.1) is 0 Å². The highest BCUT2D eigenvalue weighted by Crippen LogP contribution is 2.34. The Labute approximate surface area is 114 Å². The third-order valence-corrected chi connectivity index (χ3v) is 3.80. The van der Waals surface area contributed by atoms with Gasteiger partial charge in [-0.2, -0.15) is 0 Å².